The number of hydrazone groups is 1. The first-order valence-corrected chi connectivity index (χ1v) is 7.21. The summed E-state index contributed by atoms with van der Waals surface area (Å²) in [6.45, 7) is 1.30. The van der Waals surface area contributed by atoms with Crippen molar-refractivity contribution in [3.63, 3.8) is 0 Å². The van der Waals surface area contributed by atoms with E-state index >= 15 is 0 Å². The number of benzene rings is 1. The van der Waals surface area contributed by atoms with E-state index in [1.54, 1.807) is 0 Å². The quantitative estimate of drug-likeness (QED) is 0.804. The average molecular weight is 357 g/mol. The zero-order valence-electron chi connectivity index (χ0n) is 13.0. The molecular formula is C15H14F3N3O4. The first-order valence-electron chi connectivity index (χ1n) is 7.21. The Morgan fingerprint density at radius 1 is 1.24 bits per heavy atom. The van der Waals surface area contributed by atoms with E-state index in [9.17, 15) is 27.6 Å². The lowest BCUT2D eigenvalue weighted by molar-refractivity contribution is -0.146. The average Bonchev–Trinajstić information content (AvgIpc) is 2.55. The summed E-state index contributed by atoms with van der Waals surface area (Å²) in [6.07, 6.45) is -5.49. The van der Waals surface area contributed by atoms with Crippen molar-refractivity contribution >= 4 is 29.2 Å². The molecule has 2 amide bonds. The van der Waals surface area contributed by atoms with Crippen molar-refractivity contribution in [3.8, 4) is 0 Å². The third-order valence-electron chi connectivity index (χ3n) is 3.27. The molecule has 134 valence electrons. The molecule has 1 atom stereocenters. The lowest BCUT2D eigenvalue weighted by Crippen LogP contribution is -2.35. The summed E-state index contributed by atoms with van der Waals surface area (Å²) < 4.78 is 42.3. The second-order valence-corrected chi connectivity index (χ2v) is 5.21. The number of carbonyl (C=O) groups excluding carboxylic acids is 3. The van der Waals surface area contributed by atoms with Crippen LogP contribution in [0.4, 0.5) is 18.9 Å². The van der Waals surface area contributed by atoms with Gasteiger partial charge < -0.3 is 10.1 Å². The van der Waals surface area contributed by atoms with Gasteiger partial charge in [-0.15, -0.1) is 0 Å². The number of anilines is 1. The van der Waals surface area contributed by atoms with E-state index in [-0.39, 0.29) is 30.1 Å². The molecule has 7 nitrogen and oxygen atoms in total. The van der Waals surface area contributed by atoms with Gasteiger partial charge >= 0.3 is 12.1 Å². The summed E-state index contributed by atoms with van der Waals surface area (Å²) >= 11 is 0. The van der Waals surface area contributed by atoms with Gasteiger partial charge in [-0.1, -0.05) is 0 Å². The minimum absolute atomic E-state index is 0.0196. The second-order valence-electron chi connectivity index (χ2n) is 5.21. The number of hydrogen-bond acceptors (Lipinski definition) is 5. The van der Waals surface area contributed by atoms with Crippen molar-refractivity contribution < 1.29 is 32.3 Å². The number of esters is 1. The molecule has 10 heteroatoms. The van der Waals surface area contributed by atoms with Crippen molar-refractivity contribution in [2.75, 3.05) is 5.32 Å². The number of hydrogen-bond donors (Lipinski definition) is 2. The number of alkyl halides is 3. The first kappa shape index (κ1) is 18.4. The van der Waals surface area contributed by atoms with Gasteiger partial charge in [0.1, 0.15) is 5.71 Å². The molecule has 0 radical (unpaired) electrons. The van der Waals surface area contributed by atoms with Crippen LogP contribution in [0.1, 0.15) is 25.3 Å². The minimum atomic E-state index is -4.47. The van der Waals surface area contributed by atoms with Gasteiger partial charge in [0.05, 0.1) is 5.56 Å². The van der Waals surface area contributed by atoms with E-state index in [4.69, 9.17) is 4.74 Å². The van der Waals surface area contributed by atoms with Crippen LogP contribution in [0.3, 0.4) is 0 Å². The molecule has 25 heavy (non-hydrogen) atoms. The fourth-order valence-electron chi connectivity index (χ4n) is 1.89. The molecule has 0 unspecified atom stereocenters. The molecule has 0 aliphatic carbocycles. The van der Waals surface area contributed by atoms with Crippen LogP contribution >= 0.6 is 0 Å². The molecule has 1 heterocycles. The van der Waals surface area contributed by atoms with Crippen LogP contribution in [0.15, 0.2) is 29.4 Å². The SMILES string of the molecule is C[C@H](OC(=O)C1=NNC(=O)CC1)C(=O)Nc1ccc(C(F)(F)F)cc1. The van der Waals surface area contributed by atoms with Crippen LogP contribution in [-0.2, 0) is 25.3 Å². The largest absolute Gasteiger partial charge is 0.448 e. The highest BCUT2D eigenvalue weighted by molar-refractivity contribution is 6.37. The van der Waals surface area contributed by atoms with Crippen LogP contribution in [0.5, 0.6) is 0 Å². The molecule has 0 bridgehead atoms. The van der Waals surface area contributed by atoms with Crippen LogP contribution < -0.4 is 10.7 Å². The molecule has 0 spiro atoms. The number of nitrogens with one attached hydrogen (secondary N) is 2. The van der Waals surface area contributed by atoms with Crippen molar-refractivity contribution in [1.82, 2.24) is 5.43 Å². The lowest BCUT2D eigenvalue weighted by atomic mass is 10.2. The molecule has 2 rings (SSSR count). The van der Waals surface area contributed by atoms with Crippen molar-refractivity contribution in [2.24, 2.45) is 5.10 Å². The second kappa shape index (κ2) is 7.32. The Morgan fingerprint density at radius 3 is 2.40 bits per heavy atom. The smallest absolute Gasteiger partial charge is 0.416 e. The van der Waals surface area contributed by atoms with E-state index in [0.29, 0.717) is 0 Å². The zero-order valence-corrected chi connectivity index (χ0v) is 13.0. The maximum Gasteiger partial charge on any atom is 0.416 e. The maximum atomic E-state index is 12.5. The van der Waals surface area contributed by atoms with Crippen LogP contribution in [-0.4, -0.2) is 29.6 Å². The van der Waals surface area contributed by atoms with Crippen molar-refractivity contribution in [3.05, 3.63) is 29.8 Å². The highest BCUT2D eigenvalue weighted by Crippen LogP contribution is 2.29. The predicted molar refractivity (Wildman–Crippen MR) is 80.4 cm³/mol. The summed E-state index contributed by atoms with van der Waals surface area (Å²) in [5.74, 6) is -1.90. The number of carbonyl (C=O) groups is 3. The molecule has 0 aromatic heterocycles. The van der Waals surface area contributed by atoms with E-state index in [2.05, 4.69) is 15.8 Å². The van der Waals surface area contributed by atoms with E-state index < -0.39 is 29.7 Å². The Bertz CT molecular complexity index is 714. The molecule has 1 aromatic rings. The minimum Gasteiger partial charge on any atom is -0.448 e. The Hall–Kier alpha value is -2.91. The van der Waals surface area contributed by atoms with Crippen LogP contribution in [0.2, 0.25) is 0 Å². The predicted octanol–water partition coefficient (Wildman–Crippen LogP) is 1.84. The third kappa shape index (κ3) is 5.03. The highest BCUT2D eigenvalue weighted by atomic mass is 19.4. The normalized spacial score (nSPS) is 15.7. The zero-order chi connectivity index (χ0) is 18.6. The fraction of sp³-hybridized carbons (Fsp3) is 0.333. The summed E-state index contributed by atoms with van der Waals surface area (Å²) in [4.78, 5) is 34.7. The monoisotopic (exact) mass is 357 g/mol. The van der Waals surface area contributed by atoms with Gasteiger partial charge in [0.15, 0.2) is 6.10 Å². The van der Waals surface area contributed by atoms with E-state index in [0.717, 1.165) is 24.3 Å². The molecular weight excluding hydrogens is 343 g/mol. The number of ether oxygens (including phenoxy) is 1. The maximum absolute atomic E-state index is 12.5. The topological polar surface area (TPSA) is 96.9 Å². The van der Waals surface area contributed by atoms with Gasteiger partial charge in [0, 0.05) is 18.5 Å². The van der Waals surface area contributed by atoms with Crippen molar-refractivity contribution in [2.45, 2.75) is 32.0 Å². The summed E-state index contributed by atoms with van der Waals surface area (Å²) in [5, 5.41) is 5.89. The van der Waals surface area contributed by atoms with Gasteiger partial charge in [-0.2, -0.15) is 18.3 Å². The Balaban J connectivity index is 1.92. The van der Waals surface area contributed by atoms with Crippen LogP contribution in [0, 0.1) is 0 Å². The molecule has 0 saturated carbocycles. The molecule has 0 saturated heterocycles. The molecule has 0 fully saturated rings. The summed E-state index contributed by atoms with van der Waals surface area (Å²) in [5.41, 5.74) is 1.39. The van der Waals surface area contributed by atoms with Crippen molar-refractivity contribution in [1.29, 1.82) is 0 Å². The van der Waals surface area contributed by atoms with E-state index in [1.165, 1.54) is 6.92 Å². The number of nitrogens with zero attached hydrogens (tertiary/aromatic N) is 1. The number of rotatable bonds is 4. The Kier molecular flexibility index (Phi) is 5.40. The molecule has 1 aliphatic rings. The van der Waals surface area contributed by atoms with Gasteiger partial charge in [-0.05, 0) is 31.2 Å². The Morgan fingerprint density at radius 2 is 1.88 bits per heavy atom. The fourth-order valence-corrected chi connectivity index (χ4v) is 1.89. The van der Waals surface area contributed by atoms with Gasteiger partial charge in [0.25, 0.3) is 5.91 Å². The summed E-state index contributed by atoms with van der Waals surface area (Å²) in [7, 11) is 0. The summed E-state index contributed by atoms with van der Waals surface area (Å²) in [6, 6.07) is 3.84. The number of halogens is 3. The molecule has 2 N–H and O–H groups in total. The molecule has 1 aromatic carbocycles. The van der Waals surface area contributed by atoms with Gasteiger partial charge in [-0.25, -0.2) is 10.2 Å². The standard InChI is InChI=1S/C15H14F3N3O4/c1-8(25-14(24)11-6-7-12(22)21-20-11)13(23)19-10-4-2-9(3-5-10)15(16,17)18/h2-5,8H,6-7H2,1H3,(H,19,23)(H,21,22)/t8-/m0/s1. The third-order valence-corrected chi connectivity index (χ3v) is 3.27. The van der Waals surface area contributed by atoms with Gasteiger partial charge in [-0.3, -0.25) is 9.59 Å². The molecule has 1 aliphatic heterocycles. The number of amides is 2. The Labute approximate surface area is 140 Å². The highest BCUT2D eigenvalue weighted by Gasteiger charge is 2.30. The van der Waals surface area contributed by atoms with E-state index in [1.807, 2.05) is 0 Å². The van der Waals surface area contributed by atoms with Crippen LogP contribution in [0.25, 0.3) is 0 Å². The van der Waals surface area contributed by atoms with Gasteiger partial charge in [0.2, 0.25) is 5.91 Å². The lowest BCUT2D eigenvalue weighted by Gasteiger charge is -2.16. The first-order chi connectivity index (χ1) is 11.7.